The Bertz CT molecular complexity index is 4150. The molecule has 3 heterocycles. The highest BCUT2D eigenvalue weighted by atomic mass is 15.2. The van der Waals surface area contributed by atoms with E-state index in [0.717, 1.165) is 50.5 Å². The number of hydrogen-bond acceptors (Lipinski definition) is 2. The van der Waals surface area contributed by atoms with Gasteiger partial charge in [0.15, 0.2) is 0 Å². The standard InChI is InChI=1S/C71H52N4/c1-2-50-43-71-56(45-70(55-37-35-54(36-38-55)52-21-9-4-10-22-52)75(71)60-40-42-68-64(47-60)62-28-16-18-30-66(62)74(68)58-25-13-6-14-26-58)44-69(50)72(48-49-31-33-53(34-32-49)51-19-7-3-8-20-51)59-39-41-67-63(46-59)61-27-15-17-29-65(61)73(67)57-23-11-5-12-24-57/h2-47,61,65H,1,48H2. The lowest BCUT2D eigenvalue weighted by atomic mass is 9.91. The summed E-state index contributed by atoms with van der Waals surface area (Å²) in [5, 5.41) is 3.57. The van der Waals surface area contributed by atoms with Crippen LogP contribution >= 0.6 is 0 Å². The lowest BCUT2D eigenvalue weighted by Crippen LogP contribution is -2.28. The molecule has 0 spiro atoms. The summed E-state index contributed by atoms with van der Waals surface area (Å²) in [6, 6.07) is 91.1. The molecule has 0 N–H and O–H groups in total. The zero-order valence-corrected chi connectivity index (χ0v) is 41.4. The second-order valence-electron chi connectivity index (χ2n) is 19.8. The van der Waals surface area contributed by atoms with Crippen LogP contribution in [0.5, 0.6) is 0 Å². The van der Waals surface area contributed by atoms with Crippen LogP contribution in [0.1, 0.15) is 22.6 Å². The van der Waals surface area contributed by atoms with Gasteiger partial charge >= 0.3 is 0 Å². The van der Waals surface area contributed by atoms with Gasteiger partial charge in [0.05, 0.1) is 28.3 Å². The van der Waals surface area contributed by atoms with Crippen molar-refractivity contribution in [1.82, 2.24) is 9.13 Å². The van der Waals surface area contributed by atoms with Crippen LogP contribution in [0.3, 0.4) is 0 Å². The molecule has 0 amide bonds. The minimum atomic E-state index is 0.191. The van der Waals surface area contributed by atoms with Gasteiger partial charge in [0.2, 0.25) is 0 Å². The van der Waals surface area contributed by atoms with Gasteiger partial charge in [-0.2, -0.15) is 0 Å². The Morgan fingerprint density at radius 1 is 0.440 bits per heavy atom. The van der Waals surface area contributed by atoms with Crippen molar-refractivity contribution < 1.29 is 0 Å². The average molecular weight is 961 g/mol. The van der Waals surface area contributed by atoms with Crippen LogP contribution in [-0.4, -0.2) is 15.2 Å². The van der Waals surface area contributed by atoms with E-state index in [1.165, 1.54) is 66.6 Å². The van der Waals surface area contributed by atoms with E-state index in [4.69, 9.17) is 0 Å². The van der Waals surface area contributed by atoms with Gasteiger partial charge < -0.3 is 18.9 Å². The fourth-order valence-electron chi connectivity index (χ4n) is 11.9. The van der Waals surface area contributed by atoms with Crippen molar-refractivity contribution in [2.24, 2.45) is 0 Å². The molecule has 2 unspecified atom stereocenters. The molecule has 10 aromatic carbocycles. The number of para-hydroxylation sites is 3. The Morgan fingerprint density at radius 3 is 1.75 bits per heavy atom. The summed E-state index contributed by atoms with van der Waals surface area (Å²) in [6.45, 7) is 5.19. The van der Waals surface area contributed by atoms with Crippen molar-refractivity contribution >= 4 is 61.5 Å². The molecule has 4 heteroatoms. The highest BCUT2D eigenvalue weighted by Gasteiger charge is 2.38. The summed E-state index contributed by atoms with van der Waals surface area (Å²) in [7, 11) is 0. The predicted octanol–water partition coefficient (Wildman–Crippen LogP) is 18.4. The summed E-state index contributed by atoms with van der Waals surface area (Å²) in [6.07, 6.45) is 11.2. The zero-order valence-electron chi connectivity index (χ0n) is 41.4. The van der Waals surface area contributed by atoms with Gasteiger partial charge in [0, 0.05) is 62.7 Å². The molecule has 356 valence electrons. The predicted molar refractivity (Wildman–Crippen MR) is 316 cm³/mol. The maximum Gasteiger partial charge on any atom is 0.0629 e. The quantitative estimate of drug-likeness (QED) is 0.128. The molecule has 2 aliphatic rings. The van der Waals surface area contributed by atoms with E-state index in [1.807, 2.05) is 6.08 Å². The largest absolute Gasteiger partial charge is 0.336 e. The molecule has 12 aromatic rings. The second kappa shape index (κ2) is 18.4. The first kappa shape index (κ1) is 44.1. The van der Waals surface area contributed by atoms with Crippen LogP contribution in [0.4, 0.5) is 22.7 Å². The fraction of sp³-hybridized carbons (Fsp3) is 0.0423. The first-order valence-electron chi connectivity index (χ1n) is 26.0. The van der Waals surface area contributed by atoms with E-state index in [9.17, 15) is 0 Å². The van der Waals surface area contributed by atoms with Crippen molar-refractivity contribution in [1.29, 1.82) is 0 Å². The highest BCUT2D eigenvalue weighted by molar-refractivity contribution is 6.10. The van der Waals surface area contributed by atoms with E-state index >= 15 is 0 Å². The van der Waals surface area contributed by atoms with Gasteiger partial charge in [-0.15, -0.1) is 0 Å². The van der Waals surface area contributed by atoms with Crippen molar-refractivity contribution in [2.75, 3.05) is 9.80 Å². The first-order valence-corrected chi connectivity index (χ1v) is 26.0. The summed E-state index contributed by atoms with van der Waals surface area (Å²) < 4.78 is 4.85. The van der Waals surface area contributed by atoms with Crippen molar-refractivity contribution in [3.63, 3.8) is 0 Å². The Labute approximate surface area is 437 Å². The normalized spacial score (nSPS) is 14.6. The summed E-state index contributed by atoms with van der Waals surface area (Å²) in [5.74, 6) is 0.211. The van der Waals surface area contributed by atoms with Crippen LogP contribution in [0.15, 0.2) is 280 Å². The third kappa shape index (κ3) is 7.69. The van der Waals surface area contributed by atoms with E-state index < -0.39 is 0 Å². The Hall–Kier alpha value is -9.64. The SMILES string of the molecule is C=Cc1cc2c(cc1N(Cc1ccc(-c3ccccc3)cc1)c1ccc3c(c1)C1C=CC=CC1N3c1ccccc1)cc(-c1ccc(-c3ccccc3)cc1)n2-c1ccc2c(c1)c1ccccc1n2-c1ccccc1. The molecule has 0 bridgehead atoms. The Kier molecular flexibility index (Phi) is 10.8. The molecule has 75 heavy (non-hydrogen) atoms. The van der Waals surface area contributed by atoms with Crippen molar-refractivity contribution in [3.8, 4) is 44.9 Å². The number of anilines is 4. The average Bonchev–Trinajstić information content (AvgIpc) is 4.17. The number of fused-ring (bicyclic) bond motifs is 7. The molecular formula is C71H52N4. The molecule has 14 rings (SSSR count). The minimum absolute atomic E-state index is 0.191. The smallest absolute Gasteiger partial charge is 0.0629 e. The monoisotopic (exact) mass is 960 g/mol. The molecule has 0 fully saturated rings. The number of hydrogen-bond donors (Lipinski definition) is 0. The van der Waals surface area contributed by atoms with Gasteiger partial charge in [0.1, 0.15) is 0 Å². The maximum absolute atomic E-state index is 4.53. The van der Waals surface area contributed by atoms with Crippen LogP contribution in [0.25, 0.3) is 83.7 Å². The zero-order chi connectivity index (χ0) is 49.8. The lowest BCUT2D eigenvalue weighted by molar-refractivity contribution is 0.744. The first-order chi connectivity index (χ1) is 37.1. The van der Waals surface area contributed by atoms with Gasteiger partial charge in [-0.1, -0.05) is 201 Å². The van der Waals surface area contributed by atoms with Gasteiger partial charge in [-0.3, -0.25) is 0 Å². The number of aromatic nitrogens is 2. The summed E-state index contributed by atoms with van der Waals surface area (Å²) in [5.41, 5.74) is 21.0. The van der Waals surface area contributed by atoms with E-state index in [0.29, 0.717) is 6.54 Å². The van der Waals surface area contributed by atoms with Gasteiger partial charge in [-0.05, 0) is 129 Å². The van der Waals surface area contributed by atoms with Gasteiger partial charge in [-0.25, -0.2) is 0 Å². The van der Waals surface area contributed by atoms with E-state index in [1.54, 1.807) is 0 Å². The topological polar surface area (TPSA) is 16.3 Å². The minimum Gasteiger partial charge on any atom is -0.336 e. The molecule has 2 atom stereocenters. The fourth-order valence-corrected chi connectivity index (χ4v) is 11.9. The molecule has 1 aliphatic carbocycles. The van der Waals surface area contributed by atoms with Gasteiger partial charge in [0.25, 0.3) is 0 Å². The number of allylic oxidation sites excluding steroid dienone is 2. The second-order valence-corrected chi connectivity index (χ2v) is 19.8. The number of nitrogens with zero attached hydrogens (tertiary/aromatic N) is 4. The molecular weight excluding hydrogens is 909 g/mol. The molecule has 1 aliphatic heterocycles. The van der Waals surface area contributed by atoms with Crippen LogP contribution in [0.2, 0.25) is 0 Å². The number of rotatable bonds is 11. The Balaban J connectivity index is 0.958. The lowest BCUT2D eigenvalue weighted by Gasteiger charge is -2.29. The molecule has 2 aromatic heterocycles. The van der Waals surface area contributed by atoms with Crippen molar-refractivity contribution in [2.45, 2.75) is 18.5 Å². The third-order valence-electron chi connectivity index (χ3n) is 15.5. The van der Waals surface area contributed by atoms with Crippen molar-refractivity contribution in [3.05, 3.63) is 296 Å². The Morgan fingerprint density at radius 2 is 1.04 bits per heavy atom. The molecule has 0 saturated carbocycles. The molecule has 0 saturated heterocycles. The third-order valence-corrected chi connectivity index (χ3v) is 15.5. The van der Waals surface area contributed by atoms with Crippen LogP contribution in [-0.2, 0) is 6.54 Å². The maximum atomic E-state index is 4.53. The summed E-state index contributed by atoms with van der Waals surface area (Å²) in [4.78, 5) is 5.01. The van der Waals surface area contributed by atoms with E-state index in [2.05, 4.69) is 299 Å². The summed E-state index contributed by atoms with van der Waals surface area (Å²) >= 11 is 0. The van der Waals surface area contributed by atoms with Crippen LogP contribution in [0, 0.1) is 0 Å². The number of benzene rings is 10. The van der Waals surface area contributed by atoms with E-state index in [-0.39, 0.29) is 12.0 Å². The molecule has 0 radical (unpaired) electrons. The highest BCUT2D eigenvalue weighted by Crippen LogP contribution is 2.50. The molecule has 4 nitrogen and oxygen atoms in total. The van der Waals surface area contributed by atoms with Crippen LogP contribution < -0.4 is 9.80 Å².